The maximum atomic E-state index is 13.9. The van der Waals surface area contributed by atoms with Crippen molar-refractivity contribution in [1.29, 1.82) is 0 Å². The van der Waals surface area contributed by atoms with Crippen LogP contribution in [0.25, 0.3) is 0 Å². The first-order chi connectivity index (χ1) is 20.4. The predicted molar refractivity (Wildman–Crippen MR) is 168 cm³/mol. The minimum absolute atomic E-state index is 0.207. The summed E-state index contributed by atoms with van der Waals surface area (Å²) in [6.07, 6.45) is 1.01. The fourth-order valence-corrected chi connectivity index (χ4v) is 5.58. The van der Waals surface area contributed by atoms with Crippen LogP contribution in [0, 0.1) is 13.8 Å². The molecule has 1 aliphatic heterocycles. The van der Waals surface area contributed by atoms with Crippen LogP contribution >= 0.6 is 11.8 Å². The summed E-state index contributed by atoms with van der Waals surface area (Å²) < 4.78 is 14.1. The quantitative estimate of drug-likeness (QED) is 0.179. The standard InChI is InChI=1S/C33H37N5O3S/c1-6-18-42-33-36-32-34-23(5)29(31(39)35-26-15-11-9-13-22(26)4)30(38(32)37-33)24-16-17-27(28(19-24)40-7-2)41-20-25-14-10-8-12-21(25)3/h8-17,19,30H,6-7,18,20H2,1-5H3,(H,35,39)(H,34,36,37). The maximum Gasteiger partial charge on any atom is 0.255 e. The Balaban J connectivity index is 1.54. The Morgan fingerprint density at radius 2 is 1.74 bits per heavy atom. The Kier molecular flexibility index (Phi) is 9.17. The minimum atomic E-state index is -0.529. The molecule has 2 heterocycles. The molecule has 0 radical (unpaired) electrons. The van der Waals surface area contributed by atoms with Crippen molar-refractivity contribution in [3.63, 3.8) is 0 Å². The zero-order chi connectivity index (χ0) is 29.6. The lowest BCUT2D eigenvalue weighted by atomic mass is 9.94. The Morgan fingerprint density at radius 3 is 2.48 bits per heavy atom. The molecule has 0 saturated heterocycles. The molecule has 0 fully saturated rings. The Bertz CT molecular complexity index is 1610. The van der Waals surface area contributed by atoms with Crippen molar-refractivity contribution in [2.45, 2.75) is 58.8 Å². The van der Waals surface area contributed by atoms with Crippen LogP contribution in [0.4, 0.5) is 11.6 Å². The van der Waals surface area contributed by atoms with E-state index in [9.17, 15) is 4.79 Å². The van der Waals surface area contributed by atoms with Crippen LogP contribution in [0.5, 0.6) is 11.5 Å². The molecule has 1 amide bonds. The summed E-state index contributed by atoms with van der Waals surface area (Å²) in [5.74, 6) is 2.55. The highest BCUT2D eigenvalue weighted by Crippen LogP contribution is 2.40. The number of carbonyl (C=O) groups excluding carboxylic acids is 1. The average molecular weight is 584 g/mol. The maximum absolute atomic E-state index is 13.9. The molecular weight excluding hydrogens is 546 g/mol. The van der Waals surface area contributed by atoms with Crippen LogP contribution < -0.4 is 20.1 Å². The molecule has 5 rings (SSSR count). The molecule has 1 unspecified atom stereocenters. The van der Waals surface area contributed by atoms with Gasteiger partial charge in [0, 0.05) is 17.1 Å². The van der Waals surface area contributed by atoms with E-state index in [1.165, 1.54) is 5.56 Å². The second-order valence-electron chi connectivity index (χ2n) is 10.2. The van der Waals surface area contributed by atoms with E-state index in [1.54, 1.807) is 16.4 Å². The number of anilines is 2. The Hall–Kier alpha value is -4.24. The number of aromatic nitrogens is 3. The third-order valence-corrected chi connectivity index (χ3v) is 8.18. The van der Waals surface area contributed by atoms with Gasteiger partial charge in [0.2, 0.25) is 11.1 Å². The molecule has 8 nitrogen and oxygen atoms in total. The van der Waals surface area contributed by atoms with E-state index in [0.717, 1.165) is 40.2 Å². The SMILES string of the molecule is CCCSc1nc2n(n1)C(c1ccc(OCc3ccccc3C)c(OCC)c1)C(C(=O)Nc1ccccc1C)=C(C)N2. The number of hydrogen-bond donors (Lipinski definition) is 2. The molecule has 0 spiro atoms. The number of amides is 1. The van der Waals surface area contributed by atoms with Gasteiger partial charge in [0.05, 0.1) is 12.2 Å². The zero-order valence-electron chi connectivity index (χ0n) is 24.7. The van der Waals surface area contributed by atoms with Gasteiger partial charge in [-0.05, 0) is 74.6 Å². The van der Waals surface area contributed by atoms with Crippen molar-refractivity contribution in [3.05, 3.63) is 100 Å². The molecule has 2 N–H and O–H groups in total. The average Bonchev–Trinajstić information content (AvgIpc) is 3.39. The predicted octanol–water partition coefficient (Wildman–Crippen LogP) is 7.30. The Labute approximate surface area is 251 Å². The number of hydrogen-bond acceptors (Lipinski definition) is 7. The summed E-state index contributed by atoms with van der Waals surface area (Å²) in [5, 5.41) is 11.9. The second kappa shape index (κ2) is 13.2. The van der Waals surface area contributed by atoms with Crippen molar-refractivity contribution >= 4 is 29.3 Å². The summed E-state index contributed by atoms with van der Waals surface area (Å²) in [5.41, 5.74) is 6.14. The molecule has 1 aliphatic rings. The molecule has 0 bridgehead atoms. The molecule has 0 aliphatic carbocycles. The van der Waals surface area contributed by atoms with Crippen LogP contribution in [0.2, 0.25) is 0 Å². The van der Waals surface area contributed by atoms with Gasteiger partial charge >= 0.3 is 0 Å². The van der Waals surface area contributed by atoms with Crippen LogP contribution in [0.3, 0.4) is 0 Å². The molecule has 9 heteroatoms. The summed E-state index contributed by atoms with van der Waals surface area (Å²) in [7, 11) is 0. The topological polar surface area (TPSA) is 90.3 Å². The number of allylic oxidation sites excluding steroid dienone is 1. The number of para-hydroxylation sites is 1. The lowest BCUT2D eigenvalue weighted by molar-refractivity contribution is -0.113. The lowest BCUT2D eigenvalue weighted by Crippen LogP contribution is -2.31. The molecule has 218 valence electrons. The normalized spacial score (nSPS) is 14.3. The van der Waals surface area contributed by atoms with Crippen molar-refractivity contribution in [1.82, 2.24) is 14.8 Å². The van der Waals surface area contributed by atoms with Crippen LogP contribution in [-0.2, 0) is 11.4 Å². The van der Waals surface area contributed by atoms with Crippen LogP contribution in [0.1, 0.15) is 55.5 Å². The molecule has 4 aromatic rings. The van der Waals surface area contributed by atoms with Gasteiger partial charge in [-0.3, -0.25) is 4.79 Å². The zero-order valence-corrected chi connectivity index (χ0v) is 25.5. The van der Waals surface area contributed by atoms with Crippen molar-refractivity contribution in [2.75, 3.05) is 23.0 Å². The van der Waals surface area contributed by atoms with Crippen LogP contribution in [-0.4, -0.2) is 33.0 Å². The number of thioether (sulfide) groups is 1. The van der Waals surface area contributed by atoms with E-state index in [-0.39, 0.29) is 5.91 Å². The summed E-state index contributed by atoms with van der Waals surface area (Å²) in [6, 6.07) is 21.2. The Morgan fingerprint density at radius 1 is 0.976 bits per heavy atom. The molecule has 3 aromatic carbocycles. The number of aryl methyl sites for hydroxylation is 2. The second-order valence-corrected chi connectivity index (χ2v) is 11.3. The van der Waals surface area contributed by atoms with Gasteiger partial charge in [-0.2, -0.15) is 4.98 Å². The third kappa shape index (κ3) is 6.31. The van der Waals surface area contributed by atoms with Crippen molar-refractivity contribution < 1.29 is 14.3 Å². The van der Waals surface area contributed by atoms with Crippen LogP contribution in [0.15, 0.2) is 83.2 Å². The molecular formula is C33H37N5O3S. The largest absolute Gasteiger partial charge is 0.490 e. The van der Waals surface area contributed by atoms with Gasteiger partial charge in [-0.25, -0.2) is 4.68 Å². The molecule has 1 atom stereocenters. The minimum Gasteiger partial charge on any atom is -0.490 e. The number of benzene rings is 3. The van der Waals surface area contributed by atoms with Crippen molar-refractivity contribution in [3.8, 4) is 11.5 Å². The molecule has 42 heavy (non-hydrogen) atoms. The first-order valence-corrected chi connectivity index (χ1v) is 15.3. The smallest absolute Gasteiger partial charge is 0.255 e. The van der Waals surface area contributed by atoms with Gasteiger partial charge in [0.1, 0.15) is 12.6 Å². The number of rotatable bonds is 11. The van der Waals surface area contributed by atoms with Gasteiger partial charge in [-0.1, -0.05) is 67.2 Å². The van der Waals surface area contributed by atoms with E-state index in [0.29, 0.717) is 41.4 Å². The fraction of sp³-hybridized carbons (Fsp3) is 0.303. The highest BCUT2D eigenvalue weighted by atomic mass is 32.2. The molecule has 1 aromatic heterocycles. The van der Waals surface area contributed by atoms with E-state index in [1.807, 2.05) is 75.4 Å². The monoisotopic (exact) mass is 583 g/mol. The van der Waals surface area contributed by atoms with Gasteiger partial charge in [0.25, 0.3) is 5.91 Å². The number of fused-ring (bicyclic) bond motifs is 1. The van der Waals surface area contributed by atoms with E-state index in [4.69, 9.17) is 19.6 Å². The van der Waals surface area contributed by atoms with E-state index < -0.39 is 6.04 Å². The number of nitrogens with zero attached hydrogens (tertiary/aromatic N) is 3. The highest BCUT2D eigenvalue weighted by molar-refractivity contribution is 7.99. The third-order valence-electron chi connectivity index (χ3n) is 7.13. The highest BCUT2D eigenvalue weighted by Gasteiger charge is 2.35. The van der Waals surface area contributed by atoms with E-state index in [2.05, 4.69) is 36.6 Å². The van der Waals surface area contributed by atoms with Crippen molar-refractivity contribution in [2.24, 2.45) is 0 Å². The van der Waals surface area contributed by atoms with Gasteiger partial charge in [0.15, 0.2) is 11.5 Å². The summed E-state index contributed by atoms with van der Waals surface area (Å²) >= 11 is 1.60. The van der Waals surface area contributed by atoms with Gasteiger partial charge < -0.3 is 20.1 Å². The number of ether oxygens (including phenoxy) is 2. The lowest BCUT2D eigenvalue weighted by Gasteiger charge is -2.29. The first kappa shape index (κ1) is 29.3. The first-order valence-electron chi connectivity index (χ1n) is 14.3. The summed E-state index contributed by atoms with van der Waals surface area (Å²) in [6.45, 7) is 10.9. The number of nitrogens with one attached hydrogen (secondary N) is 2. The number of carbonyl (C=O) groups is 1. The fourth-order valence-electron chi connectivity index (χ4n) is 4.90. The summed E-state index contributed by atoms with van der Waals surface area (Å²) in [4.78, 5) is 18.7. The van der Waals surface area contributed by atoms with Gasteiger partial charge in [-0.15, -0.1) is 5.10 Å². The molecule has 0 saturated carbocycles. The van der Waals surface area contributed by atoms with E-state index >= 15 is 0 Å².